The zero-order chi connectivity index (χ0) is 14.0. The zero-order valence-corrected chi connectivity index (χ0v) is 13.2. The summed E-state index contributed by atoms with van der Waals surface area (Å²) >= 11 is 8.72. The van der Waals surface area contributed by atoms with E-state index in [9.17, 15) is 4.39 Å². The summed E-state index contributed by atoms with van der Waals surface area (Å²) in [6.07, 6.45) is 1.90. The highest BCUT2D eigenvalue weighted by atomic mass is 79.9. The van der Waals surface area contributed by atoms with Crippen LogP contribution in [-0.4, -0.2) is 9.97 Å². The number of nitrogens with zero attached hydrogens (tertiary/aromatic N) is 1. The van der Waals surface area contributed by atoms with Gasteiger partial charge >= 0.3 is 0 Å². The molecule has 0 aliphatic rings. The highest BCUT2D eigenvalue weighted by molar-refractivity contribution is 9.10. The number of halogens is 2. The summed E-state index contributed by atoms with van der Waals surface area (Å²) in [7, 11) is 0. The molecule has 2 aromatic rings. The van der Waals surface area contributed by atoms with Gasteiger partial charge in [0.15, 0.2) is 0 Å². The number of nitrogens with one attached hydrogen (secondary N) is 1. The standard InChI is InChI=1S/C14H14BrFN2S/c1-3-4-11-12(15)14(19)18-13(17-11)10-6-5-9(16)7-8(10)2/h5-7H,3-4H2,1-2H3,(H,17,18,19). The number of hydrogen-bond donors (Lipinski definition) is 1. The third kappa shape index (κ3) is 3.09. The topological polar surface area (TPSA) is 28.7 Å². The molecule has 1 N–H and O–H groups in total. The van der Waals surface area contributed by atoms with Crippen LogP contribution in [0.2, 0.25) is 0 Å². The van der Waals surface area contributed by atoms with Crippen molar-refractivity contribution in [3.8, 4) is 11.4 Å². The molecule has 5 heteroatoms. The Labute approximate surface area is 125 Å². The first-order valence-corrected chi connectivity index (χ1v) is 7.28. The van der Waals surface area contributed by atoms with Crippen LogP contribution in [0.25, 0.3) is 11.4 Å². The Bertz CT molecular complexity index is 667. The predicted molar refractivity (Wildman–Crippen MR) is 81.2 cm³/mol. The molecule has 0 aliphatic carbocycles. The lowest BCUT2D eigenvalue weighted by atomic mass is 10.1. The van der Waals surface area contributed by atoms with Crippen molar-refractivity contribution in [1.82, 2.24) is 9.97 Å². The molecule has 0 bridgehead atoms. The zero-order valence-electron chi connectivity index (χ0n) is 10.8. The number of aromatic nitrogens is 2. The summed E-state index contributed by atoms with van der Waals surface area (Å²) < 4.78 is 14.5. The van der Waals surface area contributed by atoms with E-state index in [0.717, 1.165) is 34.1 Å². The minimum atomic E-state index is -0.245. The fourth-order valence-corrected chi connectivity index (χ4v) is 2.55. The van der Waals surface area contributed by atoms with Crippen molar-refractivity contribution in [3.63, 3.8) is 0 Å². The summed E-state index contributed by atoms with van der Waals surface area (Å²) in [4.78, 5) is 7.65. The fourth-order valence-electron chi connectivity index (χ4n) is 1.95. The van der Waals surface area contributed by atoms with E-state index in [0.29, 0.717) is 10.5 Å². The molecule has 0 unspecified atom stereocenters. The molecule has 19 heavy (non-hydrogen) atoms. The normalized spacial score (nSPS) is 10.7. The molecule has 1 heterocycles. The molecule has 2 nitrogen and oxygen atoms in total. The maximum absolute atomic E-state index is 13.1. The van der Waals surface area contributed by atoms with Crippen molar-refractivity contribution in [2.75, 3.05) is 0 Å². The van der Waals surface area contributed by atoms with Crippen LogP contribution in [0.1, 0.15) is 24.6 Å². The molecule has 0 aliphatic heterocycles. The van der Waals surface area contributed by atoms with Crippen molar-refractivity contribution in [2.45, 2.75) is 26.7 Å². The van der Waals surface area contributed by atoms with Gasteiger partial charge in [0.1, 0.15) is 16.3 Å². The van der Waals surface area contributed by atoms with E-state index >= 15 is 0 Å². The minimum Gasteiger partial charge on any atom is -0.342 e. The Morgan fingerprint density at radius 3 is 2.79 bits per heavy atom. The van der Waals surface area contributed by atoms with Gasteiger partial charge in [-0.3, -0.25) is 0 Å². The van der Waals surface area contributed by atoms with Crippen molar-refractivity contribution in [3.05, 3.63) is 44.4 Å². The van der Waals surface area contributed by atoms with Crippen LogP contribution in [0.3, 0.4) is 0 Å². The van der Waals surface area contributed by atoms with Gasteiger partial charge in [-0.25, -0.2) is 9.37 Å². The van der Waals surface area contributed by atoms with Crippen LogP contribution in [0.4, 0.5) is 4.39 Å². The van der Waals surface area contributed by atoms with E-state index in [1.807, 2.05) is 6.92 Å². The summed E-state index contributed by atoms with van der Waals surface area (Å²) in [6.45, 7) is 3.96. The van der Waals surface area contributed by atoms with Crippen LogP contribution in [0.5, 0.6) is 0 Å². The lowest BCUT2D eigenvalue weighted by Crippen LogP contribution is -1.99. The second kappa shape index (κ2) is 5.92. The van der Waals surface area contributed by atoms with Crippen molar-refractivity contribution < 1.29 is 4.39 Å². The monoisotopic (exact) mass is 340 g/mol. The molecule has 0 fully saturated rings. The van der Waals surface area contributed by atoms with Gasteiger partial charge in [-0.15, -0.1) is 0 Å². The van der Waals surface area contributed by atoms with Crippen LogP contribution >= 0.6 is 28.1 Å². The number of rotatable bonds is 3. The van der Waals surface area contributed by atoms with E-state index < -0.39 is 0 Å². The second-order valence-corrected chi connectivity index (χ2v) is 5.57. The third-order valence-electron chi connectivity index (χ3n) is 2.88. The molecule has 0 saturated heterocycles. The van der Waals surface area contributed by atoms with Crippen LogP contribution in [0, 0.1) is 17.4 Å². The van der Waals surface area contributed by atoms with Crippen LogP contribution < -0.4 is 0 Å². The van der Waals surface area contributed by atoms with Crippen LogP contribution in [-0.2, 0) is 6.42 Å². The van der Waals surface area contributed by atoms with Gasteiger partial charge in [-0.1, -0.05) is 25.6 Å². The number of hydrogen-bond acceptors (Lipinski definition) is 2. The van der Waals surface area contributed by atoms with Gasteiger partial charge < -0.3 is 4.98 Å². The van der Waals surface area contributed by atoms with E-state index in [2.05, 4.69) is 32.8 Å². The number of H-pyrrole nitrogens is 1. The predicted octanol–water partition coefficient (Wildman–Crippen LogP) is 4.97. The molecule has 2 rings (SSSR count). The number of aromatic amines is 1. The molecule has 0 atom stereocenters. The number of aryl methyl sites for hydroxylation is 2. The van der Waals surface area contributed by atoms with Gasteiger partial charge in [0.2, 0.25) is 0 Å². The molecule has 1 aromatic carbocycles. The first-order valence-electron chi connectivity index (χ1n) is 6.08. The SMILES string of the molecule is CCCc1[nH]c(-c2ccc(F)cc2C)nc(=S)c1Br. The Hall–Kier alpha value is -1.07. The second-order valence-electron chi connectivity index (χ2n) is 4.39. The average molecular weight is 341 g/mol. The molecular weight excluding hydrogens is 327 g/mol. The van der Waals surface area contributed by atoms with Crippen LogP contribution in [0.15, 0.2) is 22.7 Å². The van der Waals surface area contributed by atoms with E-state index in [1.165, 1.54) is 12.1 Å². The summed E-state index contributed by atoms with van der Waals surface area (Å²) in [5, 5.41) is 0. The van der Waals surface area contributed by atoms with Crippen molar-refractivity contribution in [1.29, 1.82) is 0 Å². The third-order valence-corrected chi connectivity index (χ3v) is 4.29. The Balaban J connectivity index is 2.59. The molecule has 1 aromatic heterocycles. The van der Waals surface area contributed by atoms with E-state index in [-0.39, 0.29) is 5.82 Å². The minimum absolute atomic E-state index is 0.245. The fraction of sp³-hybridized carbons (Fsp3) is 0.286. The lowest BCUT2D eigenvalue weighted by Gasteiger charge is -2.10. The maximum Gasteiger partial charge on any atom is 0.144 e. The number of benzene rings is 1. The molecule has 100 valence electrons. The van der Waals surface area contributed by atoms with Gasteiger partial charge in [-0.2, -0.15) is 0 Å². The maximum atomic E-state index is 13.1. The molecular formula is C14H14BrFN2S. The van der Waals surface area contributed by atoms with E-state index in [1.54, 1.807) is 6.07 Å². The van der Waals surface area contributed by atoms with Gasteiger partial charge in [0.25, 0.3) is 0 Å². The van der Waals surface area contributed by atoms with Crippen molar-refractivity contribution in [2.24, 2.45) is 0 Å². The molecule has 0 radical (unpaired) electrons. The largest absolute Gasteiger partial charge is 0.342 e. The van der Waals surface area contributed by atoms with Gasteiger partial charge in [-0.05, 0) is 53.0 Å². The highest BCUT2D eigenvalue weighted by Gasteiger charge is 2.10. The Kier molecular flexibility index (Phi) is 4.47. The first-order chi connectivity index (χ1) is 9.02. The summed E-state index contributed by atoms with van der Waals surface area (Å²) in [5.41, 5.74) is 2.74. The summed E-state index contributed by atoms with van der Waals surface area (Å²) in [5.74, 6) is 0.444. The average Bonchev–Trinajstić information content (AvgIpc) is 2.35. The van der Waals surface area contributed by atoms with Gasteiger partial charge in [0.05, 0.1) is 4.47 Å². The Morgan fingerprint density at radius 1 is 1.42 bits per heavy atom. The van der Waals surface area contributed by atoms with Crippen molar-refractivity contribution >= 4 is 28.1 Å². The summed E-state index contributed by atoms with van der Waals surface area (Å²) in [6, 6.07) is 4.65. The first kappa shape index (κ1) is 14.3. The van der Waals surface area contributed by atoms with Gasteiger partial charge in [0, 0.05) is 11.3 Å². The molecule has 0 saturated carbocycles. The Morgan fingerprint density at radius 2 is 2.16 bits per heavy atom. The highest BCUT2D eigenvalue weighted by Crippen LogP contribution is 2.24. The quantitative estimate of drug-likeness (QED) is 0.799. The van der Waals surface area contributed by atoms with E-state index in [4.69, 9.17) is 12.2 Å². The lowest BCUT2D eigenvalue weighted by molar-refractivity contribution is 0.627. The smallest absolute Gasteiger partial charge is 0.144 e. The molecule has 0 amide bonds. The molecule has 0 spiro atoms.